The van der Waals surface area contributed by atoms with E-state index in [1.54, 1.807) is 0 Å². The molecule has 1 saturated heterocycles. The highest BCUT2D eigenvalue weighted by Crippen LogP contribution is 2.30. The maximum atomic E-state index is 13.4. The zero-order valence-electron chi connectivity index (χ0n) is 18.8. The summed E-state index contributed by atoms with van der Waals surface area (Å²) in [5.74, 6) is -0.219. The molecule has 0 saturated carbocycles. The fourth-order valence-electron chi connectivity index (χ4n) is 4.75. The first-order chi connectivity index (χ1) is 15.3. The van der Waals surface area contributed by atoms with Crippen molar-refractivity contribution in [2.24, 2.45) is 0 Å². The van der Waals surface area contributed by atoms with Crippen LogP contribution < -0.4 is 5.32 Å². The Hall–Kier alpha value is -2.71. The number of rotatable bonds is 7. The Bertz CT molecular complexity index is 1230. The number of hydrogen-bond acceptors (Lipinski definition) is 4. The Labute approximate surface area is 189 Å². The summed E-state index contributed by atoms with van der Waals surface area (Å²) < 4.78 is 30.3. The van der Waals surface area contributed by atoms with E-state index in [4.69, 9.17) is 0 Å². The first-order valence-electron chi connectivity index (χ1n) is 11.1. The predicted octanol–water partition coefficient (Wildman–Crippen LogP) is 3.32. The summed E-state index contributed by atoms with van der Waals surface area (Å²) in [6, 6.07) is 11.0. The summed E-state index contributed by atoms with van der Waals surface area (Å²) in [5.41, 5.74) is 4.49. The lowest BCUT2D eigenvalue weighted by Gasteiger charge is -2.25. The number of amides is 1. The van der Waals surface area contributed by atoms with Crippen molar-refractivity contribution in [1.82, 2.24) is 19.2 Å². The number of carbonyl (C=O) groups excluding carboxylic acids is 1. The zero-order chi connectivity index (χ0) is 22.9. The van der Waals surface area contributed by atoms with Crippen molar-refractivity contribution in [2.45, 2.75) is 57.5 Å². The molecule has 32 heavy (non-hydrogen) atoms. The van der Waals surface area contributed by atoms with Gasteiger partial charge in [0.1, 0.15) is 6.04 Å². The third-order valence-electron chi connectivity index (χ3n) is 6.08. The van der Waals surface area contributed by atoms with Crippen molar-refractivity contribution in [2.75, 3.05) is 13.1 Å². The molecule has 1 aliphatic heterocycles. The molecule has 170 valence electrons. The molecule has 0 radical (unpaired) electrons. The molecule has 2 aromatic carbocycles. The normalized spacial score (nSPS) is 17.2. The van der Waals surface area contributed by atoms with Crippen LogP contribution in [0.5, 0.6) is 0 Å². The first-order valence-corrected chi connectivity index (χ1v) is 12.5. The van der Waals surface area contributed by atoms with Gasteiger partial charge in [0, 0.05) is 19.6 Å². The third-order valence-corrected chi connectivity index (χ3v) is 8.29. The Morgan fingerprint density at radius 1 is 1.16 bits per heavy atom. The Morgan fingerprint density at radius 3 is 2.62 bits per heavy atom. The van der Waals surface area contributed by atoms with E-state index in [1.165, 1.54) is 4.31 Å². The fourth-order valence-corrected chi connectivity index (χ4v) is 6.82. The molecule has 1 aliphatic rings. The number of fused-ring (bicyclic) bond motifs is 1. The second-order valence-electron chi connectivity index (χ2n) is 8.57. The molecule has 1 N–H and O–H groups in total. The molecule has 1 amide bonds. The van der Waals surface area contributed by atoms with E-state index in [2.05, 4.69) is 14.9 Å². The number of sulfonamides is 1. The summed E-state index contributed by atoms with van der Waals surface area (Å²) in [6.07, 6.45) is 3.77. The third kappa shape index (κ3) is 4.29. The summed E-state index contributed by atoms with van der Waals surface area (Å²) in [4.78, 5) is 17.6. The molecule has 2 heterocycles. The van der Waals surface area contributed by atoms with Crippen LogP contribution in [0.4, 0.5) is 0 Å². The predicted molar refractivity (Wildman–Crippen MR) is 125 cm³/mol. The van der Waals surface area contributed by atoms with Gasteiger partial charge >= 0.3 is 0 Å². The van der Waals surface area contributed by atoms with Crippen molar-refractivity contribution in [3.05, 3.63) is 59.4 Å². The van der Waals surface area contributed by atoms with E-state index >= 15 is 0 Å². The van der Waals surface area contributed by atoms with Gasteiger partial charge in [-0.05, 0) is 63.3 Å². The number of aryl methyl sites for hydroxylation is 4. The lowest BCUT2D eigenvalue weighted by Crippen LogP contribution is -2.46. The monoisotopic (exact) mass is 454 g/mol. The molecule has 1 unspecified atom stereocenters. The van der Waals surface area contributed by atoms with Crippen LogP contribution in [0.2, 0.25) is 0 Å². The molecule has 1 atom stereocenters. The number of imidazole rings is 1. The molecule has 3 aromatic rings. The Morgan fingerprint density at radius 2 is 1.88 bits per heavy atom. The summed E-state index contributed by atoms with van der Waals surface area (Å²) in [5, 5.41) is 2.95. The van der Waals surface area contributed by atoms with E-state index in [0.717, 1.165) is 40.7 Å². The summed E-state index contributed by atoms with van der Waals surface area (Å²) in [6.45, 7) is 7.17. The van der Waals surface area contributed by atoms with E-state index in [9.17, 15) is 13.2 Å². The standard InChI is InChI=1S/C24H30N4O3S/c1-17-14-18(2)23(19(3)15-17)32(30,31)28-13-6-10-22(28)24(29)25-11-7-12-27-16-26-20-8-4-5-9-21(20)27/h4-5,8-9,14-16,22H,6-7,10-13H2,1-3H3,(H,25,29). The average Bonchev–Trinajstić information content (AvgIpc) is 3.38. The Balaban J connectivity index is 1.40. The maximum absolute atomic E-state index is 13.4. The number of nitrogens with zero attached hydrogens (tertiary/aromatic N) is 3. The molecule has 4 rings (SSSR count). The molecule has 0 spiro atoms. The van der Waals surface area contributed by atoms with Crippen molar-refractivity contribution in [1.29, 1.82) is 0 Å². The van der Waals surface area contributed by atoms with Crippen LogP contribution in [-0.4, -0.2) is 47.3 Å². The summed E-state index contributed by atoms with van der Waals surface area (Å²) >= 11 is 0. The van der Waals surface area contributed by atoms with Crippen LogP contribution in [0.15, 0.2) is 47.6 Å². The molecule has 8 heteroatoms. The van der Waals surface area contributed by atoms with Crippen LogP contribution in [0, 0.1) is 20.8 Å². The number of para-hydroxylation sites is 2. The molecular formula is C24H30N4O3S. The molecular weight excluding hydrogens is 424 g/mol. The smallest absolute Gasteiger partial charge is 0.244 e. The van der Waals surface area contributed by atoms with Crippen molar-refractivity contribution < 1.29 is 13.2 Å². The lowest BCUT2D eigenvalue weighted by molar-refractivity contribution is -0.124. The van der Waals surface area contributed by atoms with Gasteiger partial charge in [-0.1, -0.05) is 29.8 Å². The van der Waals surface area contributed by atoms with E-state index < -0.39 is 16.1 Å². The largest absolute Gasteiger partial charge is 0.355 e. The van der Waals surface area contributed by atoms with E-state index in [1.807, 2.05) is 63.5 Å². The minimum Gasteiger partial charge on any atom is -0.355 e. The Kier molecular flexibility index (Phi) is 6.35. The van der Waals surface area contributed by atoms with Crippen LogP contribution in [0.25, 0.3) is 11.0 Å². The molecule has 1 fully saturated rings. The number of hydrogen-bond donors (Lipinski definition) is 1. The first kappa shape index (κ1) is 22.5. The van der Waals surface area contributed by atoms with Crippen LogP contribution >= 0.6 is 0 Å². The van der Waals surface area contributed by atoms with Gasteiger partial charge in [-0.15, -0.1) is 0 Å². The lowest BCUT2D eigenvalue weighted by atomic mass is 10.1. The van der Waals surface area contributed by atoms with Gasteiger partial charge in [-0.3, -0.25) is 4.79 Å². The highest BCUT2D eigenvalue weighted by molar-refractivity contribution is 7.89. The van der Waals surface area contributed by atoms with E-state index in [0.29, 0.717) is 30.8 Å². The van der Waals surface area contributed by atoms with Gasteiger partial charge in [-0.2, -0.15) is 4.31 Å². The van der Waals surface area contributed by atoms with Crippen LogP contribution in [0.3, 0.4) is 0 Å². The van der Waals surface area contributed by atoms with Crippen molar-refractivity contribution >= 4 is 27.0 Å². The zero-order valence-corrected chi connectivity index (χ0v) is 19.7. The average molecular weight is 455 g/mol. The number of benzene rings is 2. The molecule has 1 aromatic heterocycles. The van der Waals surface area contributed by atoms with Gasteiger partial charge in [0.25, 0.3) is 0 Å². The summed E-state index contributed by atoms with van der Waals surface area (Å²) in [7, 11) is -3.74. The second kappa shape index (κ2) is 9.03. The fraction of sp³-hybridized carbons (Fsp3) is 0.417. The van der Waals surface area contributed by atoms with Crippen molar-refractivity contribution in [3.8, 4) is 0 Å². The minimum absolute atomic E-state index is 0.219. The quantitative estimate of drug-likeness (QED) is 0.555. The van der Waals surface area contributed by atoms with E-state index in [-0.39, 0.29) is 5.91 Å². The highest BCUT2D eigenvalue weighted by Gasteiger charge is 2.40. The van der Waals surface area contributed by atoms with Gasteiger partial charge < -0.3 is 9.88 Å². The molecule has 7 nitrogen and oxygen atoms in total. The number of carbonyl (C=O) groups is 1. The SMILES string of the molecule is Cc1cc(C)c(S(=O)(=O)N2CCCC2C(=O)NCCCn2cnc3ccccc32)c(C)c1. The maximum Gasteiger partial charge on any atom is 0.244 e. The topological polar surface area (TPSA) is 84.3 Å². The van der Waals surface area contributed by atoms with Gasteiger partial charge in [0.2, 0.25) is 15.9 Å². The number of aromatic nitrogens is 2. The van der Waals surface area contributed by atoms with Gasteiger partial charge in [0.05, 0.1) is 22.3 Å². The molecule has 0 bridgehead atoms. The second-order valence-corrected chi connectivity index (χ2v) is 10.4. The van der Waals surface area contributed by atoms with Crippen LogP contribution in [0.1, 0.15) is 36.0 Å². The van der Waals surface area contributed by atoms with Gasteiger partial charge in [-0.25, -0.2) is 13.4 Å². The van der Waals surface area contributed by atoms with Gasteiger partial charge in [0.15, 0.2) is 0 Å². The molecule has 0 aliphatic carbocycles. The van der Waals surface area contributed by atoms with Crippen LogP contribution in [-0.2, 0) is 21.4 Å². The minimum atomic E-state index is -3.74. The highest BCUT2D eigenvalue weighted by atomic mass is 32.2. The van der Waals surface area contributed by atoms with Crippen molar-refractivity contribution in [3.63, 3.8) is 0 Å². The number of nitrogens with one attached hydrogen (secondary N) is 1.